The molecule has 152 valence electrons. The van der Waals surface area contributed by atoms with Gasteiger partial charge in [-0.1, -0.05) is 30.3 Å². The lowest BCUT2D eigenvalue weighted by molar-refractivity contribution is -0.137. The van der Waals surface area contributed by atoms with Crippen LogP contribution in [-0.2, 0) is 25.2 Å². The van der Waals surface area contributed by atoms with E-state index in [1.165, 1.54) is 17.0 Å². The van der Waals surface area contributed by atoms with Gasteiger partial charge in [-0.05, 0) is 31.0 Å². The Morgan fingerprint density at radius 3 is 2.69 bits per heavy atom. The first-order valence-corrected chi connectivity index (χ1v) is 10.7. The summed E-state index contributed by atoms with van der Waals surface area (Å²) in [5.74, 6) is -1.78. The SMILES string of the molecule is O=C1OC2(CCCN(C(=O)CNS(=O)(=O)c3ccccc3F)C2)c2ccccc21. The van der Waals surface area contributed by atoms with Gasteiger partial charge in [0.05, 0.1) is 18.7 Å². The van der Waals surface area contributed by atoms with Gasteiger partial charge in [0.1, 0.15) is 10.7 Å². The van der Waals surface area contributed by atoms with Crippen LogP contribution in [0, 0.1) is 5.82 Å². The zero-order valence-electron chi connectivity index (χ0n) is 15.4. The fraction of sp³-hybridized carbons (Fsp3) is 0.300. The van der Waals surface area contributed by atoms with E-state index in [4.69, 9.17) is 4.74 Å². The van der Waals surface area contributed by atoms with Crippen molar-refractivity contribution >= 4 is 21.9 Å². The van der Waals surface area contributed by atoms with E-state index in [1.54, 1.807) is 12.1 Å². The minimum atomic E-state index is -4.17. The largest absolute Gasteiger partial charge is 0.449 e. The number of amides is 1. The highest BCUT2D eigenvalue weighted by atomic mass is 32.2. The molecule has 0 radical (unpaired) electrons. The van der Waals surface area contributed by atoms with Gasteiger partial charge in [-0.3, -0.25) is 4.79 Å². The van der Waals surface area contributed by atoms with E-state index in [0.717, 1.165) is 17.7 Å². The third-order valence-electron chi connectivity index (χ3n) is 5.27. The van der Waals surface area contributed by atoms with E-state index in [2.05, 4.69) is 4.72 Å². The first-order valence-electron chi connectivity index (χ1n) is 9.17. The molecule has 1 N–H and O–H groups in total. The highest BCUT2D eigenvalue weighted by Gasteiger charge is 2.48. The predicted octanol–water partition coefficient (Wildman–Crippen LogP) is 1.79. The Morgan fingerprint density at radius 1 is 1.17 bits per heavy atom. The van der Waals surface area contributed by atoms with Crippen molar-refractivity contribution in [1.29, 1.82) is 0 Å². The summed E-state index contributed by atoms with van der Waals surface area (Å²) in [5.41, 5.74) is 0.322. The molecule has 1 fully saturated rings. The van der Waals surface area contributed by atoms with E-state index in [-0.39, 0.29) is 6.54 Å². The monoisotopic (exact) mass is 418 g/mol. The molecule has 7 nitrogen and oxygen atoms in total. The van der Waals surface area contributed by atoms with E-state index < -0.39 is 44.8 Å². The summed E-state index contributed by atoms with van der Waals surface area (Å²) >= 11 is 0. The Kier molecular flexibility index (Phi) is 4.87. The number of nitrogens with zero attached hydrogens (tertiary/aromatic N) is 1. The van der Waals surface area contributed by atoms with Crippen molar-refractivity contribution < 1.29 is 27.1 Å². The van der Waals surface area contributed by atoms with E-state index >= 15 is 0 Å². The number of likely N-dealkylation sites (tertiary alicyclic amines) is 1. The summed E-state index contributed by atoms with van der Waals surface area (Å²) in [7, 11) is -4.17. The number of hydrogen-bond donors (Lipinski definition) is 1. The molecule has 0 bridgehead atoms. The molecule has 2 aromatic rings. The minimum absolute atomic E-state index is 0.149. The second-order valence-corrected chi connectivity index (χ2v) is 8.84. The van der Waals surface area contributed by atoms with E-state index in [9.17, 15) is 22.4 Å². The highest BCUT2D eigenvalue weighted by molar-refractivity contribution is 7.89. The molecule has 0 aliphatic carbocycles. The van der Waals surface area contributed by atoms with Crippen LogP contribution in [0.3, 0.4) is 0 Å². The van der Waals surface area contributed by atoms with Crippen LogP contribution >= 0.6 is 0 Å². The number of piperidine rings is 1. The molecule has 0 saturated carbocycles. The summed E-state index contributed by atoms with van der Waals surface area (Å²) in [6.07, 6.45) is 1.19. The average Bonchev–Trinajstić information content (AvgIpc) is 2.98. The lowest BCUT2D eigenvalue weighted by atomic mass is 9.85. The number of rotatable bonds is 4. The first-order chi connectivity index (χ1) is 13.8. The van der Waals surface area contributed by atoms with Gasteiger partial charge in [0, 0.05) is 12.1 Å². The van der Waals surface area contributed by atoms with Gasteiger partial charge in [0.25, 0.3) is 0 Å². The molecule has 4 rings (SSSR count). The summed E-state index contributed by atoms with van der Waals surface area (Å²) < 4.78 is 46.2. The van der Waals surface area contributed by atoms with Crippen molar-refractivity contribution in [3.8, 4) is 0 Å². The molecule has 1 unspecified atom stereocenters. The number of esters is 1. The molecule has 29 heavy (non-hydrogen) atoms. The number of fused-ring (bicyclic) bond motifs is 2. The maximum atomic E-state index is 13.8. The molecule has 2 aliphatic heterocycles. The zero-order valence-corrected chi connectivity index (χ0v) is 16.2. The summed E-state index contributed by atoms with van der Waals surface area (Å²) in [6, 6.07) is 12.0. The number of hydrogen-bond acceptors (Lipinski definition) is 5. The molecule has 9 heteroatoms. The van der Waals surface area contributed by atoms with Crippen LogP contribution in [0.4, 0.5) is 4.39 Å². The Morgan fingerprint density at radius 2 is 1.90 bits per heavy atom. The quantitative estimate of drug-likeness (QED) is 0.765. The maximum Gasteiger partial charge on any atom is 0.339 e. The normalized spacial score (nSPS) is 21.1. The molecular formula is C20H19FN2O5S. The summed E-state index contributed by atoms with van der Waals surface area (Å²) in [4.78, 5) is 25.8. The Bertz CT molecular complexity index is 1090. The number of halogens is 1. The van der Waals surface area contributed by atoms with Gasteiger partial charge >= 0.3 is 5.97 Å². The number of sulfonamides is 1. The van der Waals surface area contributed by atoms with Crippen LogP contribution < -0.4 is 4.72 Å². The predicted molar refractivity (Wildman–Crippen MR) is 101 cm³/mol. The van der Waals surface area contributed by atoms with E-state index in [0.29, 0.717) is 24.9 Å². The third-order valence-corrected chi connectivity index (χ3v) is 6.71. The van der Waals surface area contributed by atoms with Crippen LogP contribution in [-0.4, -0.2) is 44.8 Å². The first kappa shape index (κ1) is 19.5. The molecule has 1 spiro atoms. The van der Waals surface area contributed by atoms with Gasteiger partial charge in [-0.15, -0.1) is 0 Å². The standard InChI is InChI=1S/C20H19FN2O5S/c21-16-8-3-4-9-17(16)29(26,27)22-12-18(24)23-11-5-10-20(13-23)15-7-2-1-6-14(15)19(25)28-20/h1-4,6-9,22H,5,10-13H2. The molecule has 1 saturated heterocycles. The average molecular weight is 418 g/mol. The third kappa shape index (κ3) is 3.51. The Balaban J connectivity index is 1.48. The van der Waals surface area contributed by atoms with Crippen LogP contribution in [0.5, 0.6) is 0 Å². The number of carbonyl (C=O) groups is 2. The maximum absolute atomic E-state index is 13.8. The topological polar surface area (TPSA) is 92.8 Å². The van der Waals surface area contributed by atoms with Crippen molar-refractivity contribution in [3.63, 3.8) is 0 Å². The van der Waals surface area contributed by atoms with E-state index in [1.807, 2.05) is 12.1 Å². The molecular weight excluding hydrogens is 399 g/mol. The van der Waals surface area contributed by atoms with Crippen molar-refractivity contribution in [1.82, 2.24) is 9.62 Å². The fourth-order valence-electron chi connectivity index (χ4n) is 3.89. The molecule has 1 atom stereocenters. The number of carbonyl (C=O) groups excluding carboxylic acids is 2. The number of benzene rings is 2. The summed E-state index contributed by atoms with van der Waals surface area (Å²) in [6.45, 7) is 0.0556. The number of nitrogens with one attached hydrogen (secondary N) is 1. The van der Waals surface area contributed by atoms with Gasteiger partial charge in [-0.25, -0.2) is 22.3 Å². The zero-order chi connectivity index (χ0) is 20.6. The van der Waals surface area contributed by atoms with Crippen molar-refractivity contribution in [2.45, 2.75) is 23.3 Å². The second kappa shape index (κ2) is 7.23. The molecule has 2 heterocycles. The minimum Gasteiger partial charge on any atom is -0.449 e. The van der Waals surface area contributed by atoms with Crippen molar-refractivity contribution in [3.05, 3.63) is 65.5 Å². The molecule has 2 aromatic carbocycles. The van der Waals surface area contributed by atoms with Crippen molar-refractivity contribution in [2.75, 3.05) is 19.6 Å². The van der Waals surface area contributed by atoms with Gasteiger partial charge in [-0.2, -0.15) is 0 Å². The fourth-order valence-corrected chi connectivity index (χ4v) is 4.94. The highest BCUT2D eigenvalue weighted by Crippen LogP contribution is 2.42. The second-order valence-electron chi connectivity index (χ2n) is 7.10. The Labute approximate surface area is 167 Å². The summed E-state index contributed by atoms with van der Waals surface area (Å²) in [5, 5.41) is 0. The van der Waals surface area contributed by atoms with Crippen LogP contribution in [0.2, 0.25) is 0 Å². The van der Waals surface area contributed by atoms with Crippen LogP contribution in [0.25, 0.3) is 0 Å². The molecule has 1 amide bonds. The van der Waals surface area contributed by atoms with Gasteiger partial charge in [0.2, 0.25) is 15.9 Å². The smallest absolute Gasteiger partial charge is 0.339 e. The molecule has 2 aliphatic rings. The van der Waals surface area contributed by atoms with Crippen LogP contribution in [0.15, 0.2) is 53.4 Å². The van der Waals surface area contributed by atoms with Gasteiger partial charge in [0.15, 0.2) is 5.60 Å². The van der Waals surface area contributed by atoms with Crippen LogP contribution in [0.1, 0.15) is 28.8 Å². The number of ether oxygens (including phenoxy) is 1. The molecule has 0 aromatic heterocycles. The van der Waals surface area contributed by atoms with Crippen molar-refractivity contribution in [2.24, 2.45) is 0 Å². The lowest BCUT2D eigenvalue weighted by Crippen LogP contribution is -2.51. The lowest BCUT2D eigenvalue weighted by Gasteiger charge is -2.39. The Hall–Kier alpha value is -2.78. The van der Waals surface area contributed by atoms with Gasteiger partial charge < -0.3 is 9.64 Å².